The minimum absolute atomic E-state index is 0.187. The monoisotopic (exact) mass is 330 g/mol. The quantitative estimate of drug-likeness (QED) is 0.809. The number of halogens is 2. The van der Waals surface area contributed by atoms with E-state index in [1.54, 1.807) is 6.07 Å². The molecule has 1 aliphatic heterocycles. The highest BCUT2D eigenvalue weighted by molar-refractivity contribution is 9.10. The van der Waals surface area contributed by atoms with Gasteiger partial charge in [-0.1, -0.05) is 11.6 Å². The van der Waals surface area contributed by atoms with Crippen molar-refractivity contribution in [2.45, 2.75) is 12.8 Å². The zero-order chi connectivity index (χ0) is 13.1. The summed E-state index contributed by atoms with van der Waals surface area (Å²) in [5.74, 6) is -0.606. The molecule has 1 aromatic rings. The molecule has 0 unspecified atom stereocenters. The van der Waals surface area contributed by atoms with Crippen molar-refractivity contribution in [3.63, 3.8) is 0 Å². The van der Waals surface area contributed by atoms with Gasteiger partial charge in [-0.25, -0.2) is 10.4 Å². The van der Waals surface area contributed by atoms with Gasteiger partial charge in [0, 0.05) is 23.5 Å². The van der Waals surface area contributed by atoms with Crippen molar-refractivity contribution >= 4 is 50.7 Å². The number of rotatable bonds is 2. The van der Waals surface area contributed by atoms with Crippen molar-refractivity contribution in [2.75, 3.05) is 5.32 Å². The first-order valence-electron chi connectivity index (χ1n) is 5.04. The fourth-order valence-electron chi connectivity index (χ4n) is 1.34. The number of nitrogens with one attached hydrogen (secondary N) is 2. The number of carbonyl (C=O) groups is 2. The molecule has 2 heterocycles. The highest BCUT2D eigenvalue weighted by atomic mass is 79.9. The van der Waals surface area contributed by atoms with Crippen LogP contribution in [0.4, 0.5) is 5.69 Å². The van der Waals surface area contributed by atoms with E-state index in [0.717, 1.165) is 0 Å². The number of nitrogens with zero attached hydrogens (tertiary/aromatic N) is 2. The highest BCUT2D eigenvalue weighted by Gasteiger charge is 2.19. The summed E-state index contributed by atoms with van der Waals surface area (Å²) in [7, 11) is 0. The number of hydrogen-bond donors (Lipinski definition) is 2. The second kappa shape index (κ2) is 5.45. The molecule has 1 aromatic heterocycles. The molecule has 0 saturated heterocycles. The Kier molecular flexibility index (Phi) is 3.93. The molecular weight excluding hydrogens is 323 g/mol. The third kappa shape index (κ3) is 3.05. The van der Waals surface area contributed by atoms with Gasteiger partial charge in [0.15, 0.2) is 5.15 Å². The van der Waals surface area contributed by atoms with Crippen LogP contribution in [0.25, 0.3) is 0 Å². The van der Waals surface area contributed by atoms with Gasteiger partial charge in [-0.15, -0.1) is 0 Å². The number of carbonyl (C=O) groups excluding carboxylic acids is 2. The Morgan fingerprint density at radius 2 is 2.28 bits per heavy atom. The molecule has 0 aliphatic carbocycles. The molecule has 0 spiro atoms. The summed E-state index contributed by atoms with van der Waals surface area (Å²) in [5, 5.41) is 6.47. The average Bonchev–Trinajstić information content (AvgIpc) is 2.34. The van der Waals surface area contributed by atoms with E-state index in [-0.39, 0.29) is 23.2 Å². The molecule has 8 heteroatoms. The summed E-state index contributed by atoms with van der Waals surface area (Å²) in [6.45, 7) is 0. The van der Waals surface area contributed by atoms with Crippen LogP contribution in [0.2, 0.25) is 5.15 Å². The number of amides is 2. The van der Waals surface area contributed by atoms with Gasteiger partial charge in [0.2, 0.25) is 5.91 Å². The minimum Gasteiger partial charge on any atom is -0.318 e. The number of hydrogen-bond acceptors (Lipinski definition) is 4. The first-order chi connectivity index (χ1) is 8.56. The van der Waals surface area contributed by atoms with E-state index < -0.39 is 5.91 Å². The van der Waals surface area contributed by atoms with Crippen LogP contribution >= 0.6 is 27.5 Å². The summed E-state index contributed by atoms with van der Waals surface area (Å²) in [4.78, 5) is 26.6. The maximum absolute atomic E-state index is 11.8. The number of anilines is 1. The van der Waals surface area contributed by atoms with E-state index in [0.29, 0.717) is 16.6 Å². The second-order valence-corrected chi connectivity index (χ2v) is 4.81. The SMILES string of the molecule is O=C1CCC(C(=O)Nc2cc(Br)cnc2Cl)=NN1. The normalized spacial score (nSPS) is 14.8. The minimum atomic E-state index is -0.406. The Labute approximate surface area is 116 Å². The van der Waals surface area contributed by atoms with Gasteiger partial charge in [-0.05, 0) is 22.0 Å². The van der Waals surface area contributed by atoms with Crippen LogP contribution in [0, 0.1) is 0 Å². The van der Waals surface area contributed by atoms with Gasteiger partial charge < -0.3 is 5.32 Å². The number of hydrazone groups is 1. The van der Waals surface area contributed by atoms with E-state index in [1.807, 2.05) is 0 Å². The molecule has 6 nitrogen and oxygen atoms in total. The zero-order valence-electron chi connectivity index (χ0n) is 9.04. The Balaban J connectivity index is 2.12. The third-order valence-electron chi connectivity index (χ3n) is 2.22. The van der Waals surface area contributed by atoms with Crippen LogP contribution in [-0.4, -0.2) is 22.5 Å². The summed E-state index contributed by atoms with van der Waals surface area (Å²) < 4.78 is 0.695. The second-order valence-electron chi connectivity index (χ2n) is 3.54. The Morgan fingerprint density at radius 1 is 1.50 bits per heavy atom. The Bertz CT molecular complexity index is 547. The smallest absolute Gasteiger partial charge is 0.271 e. The standard InChI is InChI=1S/C10H8BrClN4O2/c11-5-3-7(9(12)13-4-5)14-10(18)6-1-2-8(17)16-15-6/h3-4H,1-2H2,(H,14,18)(H,16,17). The number of aromatic nitrogens is 1. The van der Waals surface area contributed by atoms with E-state index in [4.69, 9.17) is 11.6 Å². The lowest BCUT2D eigenvalue weighted by Gasteiger charge is -2.12. The average molecular weight is 332 g/mol. The summed E-state index contributed by atoms with van der Waals surface area (Å²) in [6.07, 6.45) is 2.07. The van der Waals surface area contributed by atoms with Crippen molar-refractivity contribution in [3.8, 4) is 0 Å². The zero-order valence-corrected chi connectivity index (χ0v) is 11.4. The van der Waals surface area contributed by atoms with Gasteiger partial charge in [-0.2, -0.15) is 5.10 Å². The largest absolute Gasteiger partial charge is 0.318 e. The molecule has 2 amide bonds. The van der Waals surface area contributed by atoms with Crippen molar-refractivity contribution in [2.24, 2.45) is 5.10 Å². The van der Waals surface area contributed by atoms with Gasteiger partial charge in [0.25, 0.3) is 5.91 Å². The van der Waals surface area contributed by atoms with Crippen molar-refractivity contribution in [1.29, 1.82) is 0 Å². The topological polar surface area (TPSA) is 83.5 Å². The van der Waals surface area contributed by atoms with Crippen LogP contribution in [0.3, 0.4) is 0 Å². The maximum atomic E-state index is 11.8. The molecule has 18 heavy (non-hydrogen) atoms. The first-order valence-corrected chi connectivity index (χ1v) is 6.21. The predicted molar refractivity (Wildman–Crippen MR) is 70.4 cm³/mol. The molecule has 0 atom stereocenters. The lowest BCUT2D eigenvalue weighted by atomic mass is 10.1. The molecule has 94 valence electrons. The first kappa shape index (κ1) is 13.0. The molecule has 0 fully saturated rings. The third-order valence-corrected chi connectivity index (χ3v) is 2.96. The van der Waals surface area contributed by atoms with Gasteiger partial charge in [0.05, 0.1) is 5.69 Å². The van der Waals surface area contributed by atoms with Crippen molar-refractivity contribution in [1.82, 2.24) is 10.4 Å². The fraction of sp³-hybridized carbons (Fsp3) is 0.200. The van der Waals surface area contributed by atoms with E-state index in [1.165, 1.54) is 6.20 Å². The molecular formula is C10H8BrClN4O2. The van der Waals surface area contributed by atoms with Gasteiger partial charge >= 0.3 is 0 Å². The van der Waals surface area contributed by atoms with E-state index in [9.17, 15) is 9.59 Å². The molecule has 1 aliphatic rings. The van der Waals surface area contributed by atoms with Crippen LogP contribution in [0.15, 0.2) is 21.8 Å². The molecule has 2 rings (SSSR count). The molecule has 0 saturated carbocycles. The fourth-order valence-corrected chi connectivity index (χ4v) is 1.82. The van der Waals surface area contributed by atoms with E-state index >= 15 is 0 Å². The van der Waals surface area contributed by atoms with Crippen LogP contribution in [0.5, 0.6) is 0 Å². The van der Waals surface area contributed by atoms with Crippen LogP contribution < -0.4 is 10.7 Å². The van der Waals surface area contributed by atoms with Crippen molar-refractivity contribution < 1.29 is 9.59 Å². The van der Waals surface area contributed by atoms with Gasteiger partial charge in [0.1, 0.15) is 5.71 Å². The lowest BCUT2D eigenvalue weighted by Crippen LogP contribution is -2.32. The summed E-state index contributed by atoms with van der Waals surface area (Å²) >= 11 is 9.08. The maximum Gasteiger partial charge on any atom is 0.271 e. The Hall–Kier alpha value is -1.47. The molecule has 0 bridgehead atoms. The molecule has 0 radical (unpaired) electrons. The molecule has 2 N–H and O–H groups in total. The number of pyridine rings is 1. The summed E-state index contributed by atoms with van der Waals surface area (Å²) in [6, 6.07) is 1.63. The van der Waals surface area contributed by atoms with Crippen LogP contribution in [-0.2, 0) is 9.59 Å². The predicted octanol–water partition coefficient (Wildman–Crippen LogP) is 1.70. The summed E-state index contributed by atoms with van der Waals surface area (Å²) in [5.41, 5.74) is 2.90. The van der Waals surface area contributed by atoms with Gasteiger partial charge in [-0.3, -0.25) is 9.59 Å². The highest BCUT2D eigenvalue weighted by Crippen LogP contribution is 2.23. The molecule has 0 aromatic carbocycles. The van der Waals surface area contributed by atoms with Crippen LogP contribution in [0.1, 0.15) is 12.8 Å². The van der Waals surface area contributed by atoms with E-state index in [2.05, 4.69) is 36.8 Å². The Morgan fingerprint density at radius 3 is 2.94 bits per heavy atom. The van der Waals surface area contributed by atoms with Crippen molar-refractivity contribution in [3.05, 3.63) is 21.9 Å². The lowest BCUT2D eigenvalue weighted by molar-refractivity contribution is -0.121.